The maximum absolute atomic E-state index is 11.7. The van der Waals surface area contributed by atoms with Gasteiger partial charge in [-0.25, -0.2) is 0 Å². The zero-order valence-electron chi connectivity index (χ0n) is 14.7. The lowest BCUT2D eigenvalue weighted by molar-refractivity contribution is -0.120. The van der Waals surface area contributed by atoms with Crippen LogP contribution in [-0.2, 0) is 4.79 Å². The van der Waals surface area contributed by atoms with Gasteiger partial charge in [0.15, 0.2) is 5.96 Å². The Bertz CT molecular complexity index is 567. The van der Waals surface area contributed by atoms with Gasteiger partial charge in [0.25, 0.3) is 0 Å². The molecule has 0 spiro atoms. The number of carbonyl (C=O) groups is 1. The maximum atomic E-state index is 11.7. The Morgan fingerprint density at radius 3 is 2.68 bits per heavy atom. The molecule has 1 aromatic rings. The third kappa shape index (κ3) is 7.39. The molecule has 1 aliphatic heterocycles. The van der Waals surface area contributed by atoms with Gasteiger partial charge in [0.1, 0.15) is 0 Å². The maximum Gasteiger partial charge on any atom is 0.239 e. The number of anilines is 1. The predicted molar refractivity (Wildman–Crippen MR) is 118 cm³/mol. The van der Waals surface area contributed by atoms with Crippen molar-refractivity contribution in [3.8, 4) is 0 Å². The van der Waals surface area contributed by atoms with Gasteiger partial charge in [0, 0.05) is 42.9 Å². The molecule has 0 aliphatic carbocycles. The van der Waals surface area contributed by atoms with E-state index >= 15 is 0 Å². The van der Waals surface area contributed by atoms with Crippen LogP contribution < -0.4 is 20.9 Å². The van der Waals surface area contributed by atoms with E-state index in [4.69, 9.17) is 0 Å². The summed E-state index contributed by atoms with van der Waals surface area (Å²) in [7, 11) is 1.72. The van der Waals surface area contributed by atoms with Crippen LogP contribution in [0.15, 0.2) is 33.7 Å². The van der Waals surface area contributed by atoms with E-state index in [1.165, 1.54) is 5.69 Å². The van der Waals surface area contributed by atoms with Gasteiger partial charge in [0.2, 0.25) is 5.91 Å². The minimum absolute atomic E-state index is 0. The highest BCUT2D eigenvalue weighted by Gasteiger charge is 2.23. The monoisotopic (exact) mass is 523 g/mol. The number of aliphatic imine (C=N–C) groups is 1. The second-order valence-electron chi connectivity index (χ2n) is 5.83. The topological polar surface area (TPSA) is 68.8 Å². The lowest BCUT2D eigenvalue weighted by atomic mass is 10.3. The van der Waals surface area contributed by atoms with Crippen molar-refractivity contribution >= 4 is 57.5 Å². The van der Waals surface area contributed by atoms with E-state index in [-0.39, 0.29) is 36.4 Å². The molecule has 0 aromatic heterocycles. The average molecular weight is 524 g/mol. The summed E-state index contributed by atoms with van der Waals surface area (Å²) in [5, 5.41) is 9.31. The van der Waals surface area contributed by atoms with E-state index in [0.717, 1.165) is 30.4 Å². The number of hydrogen-bond donors (Lipinski definition) is 3. The van der Waals surface area contributed by atoms with Gasteiger partial charge in [-0.05, 0) is 37.1 Å². The summed E-state index contributed by atoms with van der Waals surface area (Å²) in [6.07, 6.45) is 1.98. The van der Waals surface area contributed by atoms with Crippen molar-refractivity contribution in [2.75, 3.05) is 38.1 Å². The number of rotatable bonds is 6. The largest absolute Gasteiger partial charge is 0.369 e. The van der Waals surface area contributed by atoms with Crippen molar-refractivity contribution in [2.45, 2.75) is 25.8 Å². The van der Waals surface area contributed by atoms with Gasteiger partial charge < -0.3 is 20.9 Å². The highest BCUT2D eigenvalue weighted by atomic mass is 127. The third-order valence-corrected chi connectivity index (χ3v) is 4.46. The Morgan fingerprint density at radius 2 is 2.04 bits per heavy atom. The minimum atomic E-state index is -0.0114. The summed E-state index contributed by atoms with van der Waals surface area (Å²) in [5.41, 5.74) is 1.23. The van der Waals surface area contributed by atoms with Gasteiger partial charge in [0.05, 0.1) is 6.54 Å². The molecule has 0 bridgehead atoms. The van der Waals surface area contributed by atoms with Crippen LogP contribution in [0.5, 0.6) is 0 Å². The highest BCUT2D eigenvalue weighted by Crippen LogP contribution is 2.22. The normalized spacial score (nSPS) is 17.0. The van der Waals surface area contributed by atoms with Crippen LogP contribution in [0.2, 0.25) is 0 Å². The Morgan fingerprint density at radius 1 is 1.32 bits per heavy atom. The molecule has 25 heavy (non-hydrogen) atoms. The smallest absolute Gasteiger partial charge is 0.239 e. The Kier molecular flexibility index (Phi) is 10.2. The molecule has 1 fully saturated rings. The summed E-state index contributed by atoms with van der Waals surface area (Å²) < 4.78 is 1.09. The molecule has 1 unspecified atom stereocenters. The van der Waals surface area contributed by atoms with E-state index in [1.807, 2.05) is 6.92 Å². The summed E-state index contributed by atoms with van der Waals surface area (Å²) >= 11 is 3.46. The Hall–Kier alpha value is -1.03. The predicted octanol–water partition coefficient (Wildman–Crippen LogP) is 2.34. The fraction of sp³-hybridized carbons (Fsp3) is 0.529. The number of hydrogen-bond acceptors (Lipinski definition) is 3. The van der Waals surface area contributed by atoms with Crippen molar-refractivity contribution in [1.82, 2.24) is 16.0 Å². The van der Waals surface area contributed by atoms with Crippen molar-refractivity contribution < 1.29 is 4.79 Å². The molecule has 1 atom stereocenters. The van der Waals surface area contributed by atoms with Crippen LogP contribution in [0.4, 0.5) is 5.69 Å². The SMILES string of the molecule is CCCNC(=O)CNC(=NC)NC1CCN(c2ccc(Br)cc2)C1.I. The number of carbonyl (C=O) groups excluding carboxylic acids is 1. The molecule has 1 amide bonds. The molecule has 1 aromatic carbocycles. The quantitative estimate of drug-likeness (QED) is 0.304. The van der Waals surface area contributed by atoms with Crippen LogP contribution >= 0.6 is 39.9 Å². The number of guanidine groups is 1. The molecular weight excluding hydrogens is 497 g/mol. The molecule has 1 aliphatic rings. The van der Waals surface area contributed by atoms with Gasteiger partial charge in [-0.2, -0.15) is 0 Å². The molecule has 140 valence electrons. The van der Waals surface area contributed by atoms with Gasteiger partial charge >= 0.3 is 0 Å². The molecule has 0 radical (unpaired) electrons. The molecule has 8 heteroatoms. The lowest BCUT2D eigenvalue weighted by Crippen LogP contribution is -2.47. The molecule has 0 saturated carbocycles. The second-order valence-corrected chi connectivity index (χ2v) is 6.74. The van der Waals surface area contributed by atoms with Crippen LogP contribution in [0, 0.1) is 0 Å². The Balaban J connectivity index is 0.00000312. The summed E-state index contributed by atoms with van der Waals surface area (Å²) in [4.78, 5) is 18.2. The first-order valence-corrected chi connectivity index (χ1v) is 9.16. The number of nitrogens with zero attached hydrogens (tertiary/aromatic N) is 2. The fourth-order valence-corrected chi connectivity index (χ4v) is 2.91. The fourth-order valence-electron chi connectivity index (χ4n) is 2.64. The van der Waals surface area contributed by atoms with Crippen LogP contribution in [-0.4, -0.2) is 51.1 Å². The summed E-state index contributed by atoms with van der Waals surface area (Å²) in [6, 6.07) is 8.69. The zero-order valence-corrected chi connectivity index (χ0v) is 18.6. The van der Waals surface area contributed by atoms with E-state index in [0.29, 0.717) is 18.5 Å². The first-order chi connectivity index (χ1) is 11.6. The molecule has 2 rings (SSSR count). The number of benzene rings is 1. The van der Waals surface area contributed by atoms with Crippen LogP contribution in [0.3, 0.4) is 0 Å². The van der Waals surface area contributed by atoms with Gasteiger partial charge in [-0.15, -0.1) is 24.0 Å². The molecule has 6 nitrogen and oxygen atoms in total. The Labute approximate surface area is 175 Å². The first kappa shape index (κ1) is 22.0. The van der Waals surface area contributed by atoms with Crippen LogP contribution in [0.1, 0.15) is 19.8 Å². The van der Waals surface area contributed by atoms with Crippen molar-refractivity contribution in [1.29, 1.82) is 0 Å². The third-order valence-electron chi connectivity index (χ3n) is 3.93. The first-order valence-electron chi connectivity index (χ1n) is 8.36. The number of halogens is 2. The zero-order chi connectivity index (χ0) is 17.4. The van der Waals surface area contributed by atoms with E-state index in [9.17, 15) is 4.79 Å². The standard InChI is InChI=1S/C17H26BrN5O.HI/c1-3-9-20-16(24)11-21-17(19-2)22-14-8-10-23(12-14)15-6-4-13(18)5-7-15;/h4-7,14H,3,8-12H2,1-2H3,(H,20,24)(H2,19,21,22);1H. The summed E-state index contributed by atoms with van der Waals surface area (Å²) in [5.74, 6) is 0.659. The highest BCUT2D eigenvalue weighted by molar-refractivity contribution is 14.0. The van der Waals surface area contributed by atoms with Crippen molar-refractivity contribution in [2.24, 2.45) is 4.99 Å². The lowest BCUT2D eigenvalue weighted by Gasteiger charge is -2.20. The van der Waals surface area contributed by atoms with E-state index in [2.05, 4.69) is 66.0 Å². The molecule has 1 heterocycles. The summed E-state index contributed by atoms with van der Waals surface area (Å²) in [6.45, 7) is 4.91. The number of nitrogens with one attached hydrogen (secondary N) is 3. The average Bonchev–Trinajstić information content (AvgIpc) is 3.05. The minimum Gasteiger partial charge on any atom is -0.369 e. The van der Waals surface area contributed by atoms with Crippen molar-refractivity contribution in [3.63, 3.8) is 0 Å². The van der Waals surface area contributed by atoms with E-state index < -0.39 is 0 Å². The second kappa shape index (κ2) is 11.6. The van der Waals surface area contributed by atoms with Crippen molar-refractivity contribution in [3.05, 3.63) is 28.7 Å². The molecule has 3 N–H and O–H groups in total. The number of amides is 1. The van der Waals surface area contributed by atoms with Crippen LogP contribution in [0.25, 0.3) is 0 Å². The van der Waals surface area contributed by atoms with Gasteiger partial charge in [-0.3, -0.25) is 9.79 Å². The molecular formula is C17H27BrIN5O. The van der Waals surface area contributed by atoms with Gasteiger partial charge in [-0.1, -0.05) is 22.9 Å². The molecule has 1 saturated heterocycles. The van der Waals surface area contributed by atoms with E-state index in [1.54, 1.807) is 7.05 Å².